The topological polar surface area (TPSA) is 82.7 Å². The van der Waals surface area contributed by atoms with Crippen molar-refractivity contribution in [1.29, 1.82) is 5.41 Å². The highest BCUT2D eigenvalue weighted by molar-refractivity contribution is 7.79. The molecule has 0 fully saturated rings. The molecule has 0 saturated heterocycles. The Balaban J connectivity index is -0.000000281. The SMILES string of the molecule is CC.CCC/C=C(CC)/C(=N/S)C(=N)OCCCCCC.CCCCCCCCCCC(C)C(C)CC.O=CO. The molecule has 0 aromatic carbocycles. The van der Waals surface area contributed by atoms with Crippen LogP contribution in [0.3, 0.4) is 0 Å². The second kappa shape index (κ2) is 39.8. The van der Waals surface area contributed by atoms with E-state index in [1.165, 1.54) is 77.0 Å². The van der Waals surface area contributed by atoms with Crippen molar-refractivity contribution in [3.05, 3.63) is 11.6 Å². The molecule has 0 saturated carbocycles. The van der Waals surface area contributed by atoms with Crippen LogP contribution in [0.25, 0.3) is 0 Å². The molecule has 2 atom stereocenters. The van der Waals surface area contributed by atoms with Crippen LogP contribution >= 0.6 is 12.8 Å². The molecule has 0 bridgehead atoms. The minimum absolute atomic E-state index is 0.149. The summed E-state index contributed by atoms with van der Waals surface area (Å²) in [7, 11) is 0. The van der Waals surface area contributed by atoms with Gasteiger partial charge >= 0.3 is 0 Å². The number of carbonyl (C=O) groups is 1. The van der Waals surface area contributed by atoms with Crippen molar-refractivity contribution in [3.8, 4) is 0 Å². The maximum absolute atomic E-state index is 8.36. The van der Waals surface area contributed by atoms with Gasteiger partial charge in [0.1, 0.15) is 5.71 Å². The molecule has 0 amide bonds. The molecule has 40 heavy (non-hydrogen) atoms. The summed E-state index contributed by atoms with van der Waals surface area (Å²) in [4.78, 5) is 8.36. The van der Waals surface area contributed by atoms with E-state index in [-0.39, 0.29) is 12.4 Å². The van der Waals surface area contributed by atoms with Crippen LogP contribution in [-0.4, -0.2) is 29.8 Å². The zero-order valence-corrected chi connectivity index (χ0v) is 29.1. The number of nitrogens with zero attached hydrogens (tertiary/aromatic N) is 1. The Morgan fingerprint density at radius 1 is 0.825 bits per heavy atom. The van der Waals surface area contributed by atoms with Crippen LogP contribution in [0.5, 0.6) is 0 Å². The summed E-state index contributed by atoms with van der Waals surface area (Å²) >= 11 is 3.98. The lowest BCUT2D eigenvalue weighted by Crippen LogP contribution is -2.19. The number of rotatable bonds is 21. The van der Waals surface area contributed by atoms with Crippen LogP contribution in [0, 0.1) is 17.2 Å². The number of nitrogens with one attached hydrogen (secondary N) is 1. The summed E-state index contributed by atoms with van der Waals surface area (Å²) < 4.78 is 9.39. The third-order valence-corrected chi connectivity index (χ3v) is 7.25. The van der Waals surface area contributed by atoms with Crippen molar-refractivity contribution in [2.45, 2.75) is 171 Å². The van der Waals surface area contributed by atoms with Crippen molar-refractivity contribution < 1.29 is 14.6 Å². The first-order chi connectivity index (χ1) is 19.3. The molecule has 2 N–H and O–H groups in total. The fourth-order valence-corrected chi connectivity index (χ4v) is 4.26. The van der Waals surface area contributed by atoms with E-state index in [9.17, 15) is 0 Å². The lowest BCUT2D eigenvalue weighted by Gasteiger charge is -2.17. The Labute approximate surface area is 256 Å². The van der Waals surface area contributed by atoms with Crippen molar-refractivity contribution in [2.24, 2.45) is 16.2 Å². The average Bonchev–Trinajstić information content (AvgIpc) is 2.97. The molecule has 0 radical (unpaired) electrons. The second-order valence-corrected chi connectivity index (χ2v) is 10.5. The molecular weight excluding hydrogens is 516 g/mol. The van der Waals surface area contributed by atoms with Gasteiger partial charge in [0.15, 0.2) is 0 Å². The van der Waals surface area contributed by atoms with Gasteiger partial charge in [-0.25, -0.2) is 4.40 Å². The van der Waals surface area contributed by atoms with E-state index in [1.54, 1.807) is 0 Å². The molecule has 0 aromatic heterocycles. The minimum Gasteiger partial charge on any atom is -0.483 e. The monoisotopic (exact) mass is 587 g/mol. The lowest BCUT2D eigenvalue weighted by atomic mass is 9.89. The summed E-state index contributed by atoms with van der Waals surface area (Å²) in [6.45, 7) is 20.2. The molecule has 0 rings (SSSR count). The van der Waals surface area contributed by atoms with Gasteiger partial charge in [-0.05, 0) is 49.5 Å². The van der Waals surface area contributed by atoms with Gasteiger partial charge in [0.25, 0.3) is 6.47 Å². The standard InChI is InChI=1S/C16H34.C15H28N2OS.C2H6.CH2O2/c1-5-7-8-9-10-11-12-13-14-16(4)15(3)6-2;1-4-7-9-10-12-18-15(16)14(17-19)13(6-3)11-8-5-2;1-2;2-1-3/h15-16H,5-14H2,1-4H3;11,16,19H,4-10,12H2,1-3H3;1-2H3;1H,(H,2,3)/b;13-11+,16-15?,17-14-;;. The molecule has 5 nitrogen and oxygen atoms in total. The van der Waals surface area contributed by atoms with E-state index >= 15 is 0 Å². The Bertz CT molecular complexity index is 580. The number of ether oxygens (including phenoxy) is 1. The Kier molecular flexibility index (Phi) is 45.5. The fraction of sp³-hybridized carbons (Fsp3) is 0.853. The Hall–Kier alpha value is -1.30. The second-order valence-electron chi connectivity index (χ2n) is 10.3. The van der Waals surface area contributed by atoms with E-state index < -0.39 is 0 Å². The van der Waals surface area contributed by atoms with Crippen molar-refractivity contribution in [3.63, 3.8) is 0 Å². The molecule has 6 heteroatoms. The van der Waals surface area contributed by atoms with Crippen molar-refractivity contribution in [2.75, 3.05) is 6.61 Å². The highest BCUT2D eigenvalue weighted by atomic mass is 32.1. The molecule has 2 unspecified atom stereocenters. The van der Waals surface area contributed by atoms with Crippen LogP contribution in [0.2, 0.25) is 0 Å². The van der Waals surface area contributed by atoms with E-state index in [4.69, 9.17) is 20.0 Å². The molecule has 0 spiro atoms. The van der Waals surface area contributed by atoms with Gasteiger partial charge in [0, 0.05) is 0 Å². The predicted octanol–water partition coefficient (Wildman–Crippen LogP) is 11.9. The number of carboxylic acid groups (broad SMARTS) is 1. The molecule has 0 aliphatic rings. The van der Waals surface area contributed by atoms with Gasteiger partial charge in [0.2, 0.25) is 5.90 Å². The third kappa shape index (κ3) is 32.9. The van der Waals surface area contributed by atoms with Gasteiger partial charge in [-0.15, -0.1) is 0 Å². The van der Waals surface area contributed by atoms with Crippen molar-refractivity contribution >= 4 is 30.9 Å². The van der Waals surface area contributed by atoms with Gasteiger partial charge in [-0.2, -0.15) is 0 Å². The zero-order chi connectivity index (χ0) is 31.4. The van der Waals surface area contributed by atoms with E-state index in [1.807, 2.05) is 13.8 Å². The first-order valence-electron chi connectivity index (χ1n) is 16.6. The summed E-state index contributed by atoms with van der Waals surface area (Å²) in [6, 6.07) is 0. The van der Waals surface area contributed by atoms with Crippen LogP contribution in [0.1, 0.15) is 171 Å². The van der Waals surface area contributed by atoms with E-state index in [0.29, 0.717) is 12.3 Å². The lowest BCUT2D eigenvalue weighted by molar-refractivity contribution is -0.122. The van der Waals surface area contributed by atoms with Crippen LogP contribution < -0.4 is 0 Å². The number of allylic oxidation sites excluding steroid dienone is 1. The van der Waals surface area contributed by atoms with Crippen molar-refractivity contribution in [1.82, 2.24) is 0 Å². The van der Waals surface area contributed by atoms with Gasteiger partial charge < -0.3 is 9.84 Å². The molecule has 0 aromatic rings. The highest BCUT2D eigenvalue weighted by Crippen LogP contribution is 2.21. The van der Waals surface area contributed by atoms with Crippen LogP contribution in [-0.2, 0) is 9.53 Å². The highest BCUT2D eigenvalue weighted by Gasteiger charge is 2.12. The van der Waals surface area contributed by atoms with Gasteiger partial charge in [0.05, 0.1) is 6.61 Å². The average molecular weight is 587 g/mol. The summed E-state index contributed by atoms with van der Waals surface area (Å²) in [5.74, 6) is 2.00. The smallest absolute Gasteiger partial charge is 0.290 e. The van der Waals surface area contributed by atoms with Crippen LogP contribution in [0.15, 0.2) is 16.0 Å². The summed E-state index contributed by atoms with van der Waals surface area (Å²) in [5.41, 5.74) is 1.63. The first kappa shape index (κ1) is 45.7. The number of hydrogen-bond donors (Lipinski definition) is 3. The number of thiol groups is 1. The minimum atomic E-state index is -0.250. The Morgan fingerprint density at radius 3 is 1.73 bits per heavy atom. The van der Waals surface area contributed by atoms with Crippen LogP contribution in [0.4, 0.5) is 0 Å². The third-order valence-electron chi connectivity index (χ3n) is 7.05. The first-order valence-corrected chi connectivity index (χ1v) is 17.0. The van der Waals surface area contributed by atoms with E-state index in [0.717, 1.165) is 49.5 Å². The van der Waals surface area contributed by atoms with Gasteiger partial charge in [-0.1, -0.05) is 158 Å². The molecule has 240 valence electrons. The Morgan fingerprint density at radius 2 is 1.30 bits per heavy atom. The largest absolute Gasteiger partial charge is 0.483 e. The van der Waals surface area contributed by atoms with Gasteiger partial charge in [-0.3, -0.25) is 10.2 Å². The maximum atomic E-state index is 8.36. The molecule has 0 aliphatic carbocycles. The normalized spacial score (nSPS) is 12.4. The predicted molar refractivity (Wildman–Crippen MR) is 183 cm³/mol. The maximum Gasteiger partial charge on any atom is 0.290 e. The van der Waals surface area contributed by atoms with E-state index in [2.05, 4.69) is 71.8 Å². The fourth-order valence-electron chi connectivity index (χ4n) is 4.04. The molecule has 0 aliphatic heterocycles. The quantitative estimate of drug-likeness (QED) is 0.0411. The molecular formula is C34H70N2O3S. The summed E-state index contributed by atoms with van der Waals surface area (Å²) in [6.07, 6.45) is 24.0. The molecule has 0 heterocycles. The zero-order valence-electron chi connectivity index (χ0n) is 28.2. The number of hydrogen-bond acceptors (Lipinski definition) is 5. The summed E-state index contributed by atoms with van der Waals surface area (Å²) in [5, 5.41) is 14.8. The number of unbranched alkanes of at least 4 members (excludes halogenated alkanes) is 11.